The molecule has 0 bridgehead atoms. The summed E-state index contributed by atoms with van der Waals surface area (Å²) >= 11 is 0. The summed E-state index contributed by atoms with van der Waals surface area (Å²) in [6.07, 6.45) is 0. The van der Waals surface area contributed by atoms with Crippen molar-refractivity contribution in [1.29, 1.82) is 0 Å². The minimum Gasteiger partial charge on any atom is -0.493 e. The first kappa shape index (κ1) is 27.6. The van der Waals surface area contributed by atoms with E-state index in [1.165, 1.54) is 0 Å². The molecule has 1 unspecified atom stereocenters. The van der Waals surface area contributed by atoms with Gasteiger partial charge >= 0.3 is 0 Å². The summed E-state index contributed by atoms with van der Waals surface area (Å²) in [5.74, 6) is -0.0743. The first-order valence-corrected chi connectivity index (χ1v) is 13.7. The van der Waals surface area contributed by atoms with E-state index in [-0.39, 0.29) is 18.4 Å². The summed E-state index contributed by atoms with van der Waals surface area (Å²) in [6.45, 7) is 6.41. The van der Waals surface area contributed by atoms with Crippen LogP contribution in [0, 0.1) is 13.8 Å². The summed E-state index contributed by atoms with van der Waals surface area (Å²) in [5.41, 5.74) is 5.40. The van der Waals surface area contributed by atoms with E-state index < -0.39 is 6.04 Å². The summed E-state index contributed by atoms with van der Waals surface area (Å²) in [6, 6.07) is 29.4. The van der Waals surface area contributed by atoms with Gasteiger partial charge in [0.25, 0.3) is 0 Å². The van der Waals surface area contributed by atoms with Gasteiger partial charge in [0, 0.05) is 12.1 Å². The van der Waals surface area contributed by atoms with Crippen LogP contribution in [0.3, 0.4) is 0 Å². The van der Waals surface area contributed by atoms with E-state index in [2.05, 4.69) is 15.6 Å². The molecule has 0 fully saturated rings. The number of para-hydroxylation sites is 3. The Hall–Kier alpha value is -4.98. The lowest BCUT2D eigenvalue weighted by atomic mass is 9.98. The molecule has 0 saturated heterocycles. The Morgan fingerprint density at radius 1 is 0.878 bits per heavy atom. The number of nitrogens with one attached hydrogen (secondary N) is 1. The molecule has 0 aliphatic heterocycles. The zero-order chi connectivity index (χ0) is 28.8. The Morgan fingerprint density at radius 2 is 1.56 bits per heavy atom. The van der Waals surface area contributed by atoms with Gasteiger partial charge in [-0.1, -0.05) is 84.1 Å². The Labute approximate surface area is 239 Å². The minimum atomic E-state index is -1.01. The third-order valence-electron chi connectivity index (χ3n) is 6.98. The van der Waals surface area contributed by atoms with Gasteiger partial charge < -0.3 is 10.1 Å². The fraction of sp³-hybridized carbons (Fsp3) is 0.212. The van der Waals surface area contributed by atoms with Crippen molar-refractivity contribution in [2.45, 2.75) is 39.9 Å². The van der Waals surface area contributed by atoms with Crippen molar-refractivity contribution >= 4 is 28.5 Å². The number of aromatic nitrogens is 3. The minimum absolute atomic E-state index is 0.104. The maximum absolute atomic E-state index is 14.4. The SMILES string of the molecule is CCOc1ccccc1C(C(=O)NCc1ccccc1)N(C(=O)Cn1nnc2ccccc21)c1c(C)cccc1C. The number of ether oxygens (including phenoxy) is 1. The van der Waals surface area contributed by atoms with Crippen molar-refractivity contribution in [2.24, 2.45) is 0 Å². The lowest BCUT2D eigenvalue weighted by Gasteiger charge is -2.34. The number of carbonyl (C=O) groups excluding carboxylic acids is 2. The number of amides is 2. The molecule has 1 N–H and O–H groups in total. The van der Waals surface area contributed by atoms with Gasteiger partial charge in [0.05, 0.1) is 17.8 Å². The number of anilines is 1. The van der Waals surface area contributed by atoms with Crippen LogP contribution in [0.4, 0.5) is 5.69 Å². The summed E-state index contributed by atoms with van der Waals surface area (Å²) in [7, 11) is 0. The molecule has 2 amide bonds. The molecule has 5 rings (SSSR count). The van der Waals surface area contributed by atoms with Gasteiger partial charge in [-0.2, -0.15) is 0 Å². The number of nitrogens with zero attached hydrogens (tertiary/aromatic N) is 4. The van der Waals surface area contributed by atoms with Crippen molar-refractivity contribution in [3.05, 3.63) is 119 Å². The van der Waals surface area contributed by atoms with Crippen LogP contribution in [0.2, 0.25) is 0 Å². The molecule has 208 valence electrons. The van der Waals surface area contributed by atoms with Gasteiger partial charge in [-0.15, -0.1) is 5.10 Å². The zero-order valence-corrected chi connectivity index (χ0v) is 23.4. The highest BCUT2D eigenvalue weighted by Gasteiger charge is 2.36. The number of hydrogen-bond acceptors (Lipinski definition) is 5. The van der Waals surface area contributed by atoms with Crippen LogP contribution in [0.1, 0.15) is 35.2 Å². The summed E-state index contributed by atoms with van der Waals surface area (Å²) < 4.78 is 7.55. The molecule has 0 radical (unpaired) electrons. The highest BCUT2D eigenvalue weighted by molar-refractivity contribution is 6.03. The van der Waals surface area contributed by atoms with Crippen molar-refractivity contribution < 1.29 is 14.3 Å². The fourth-order valence-corrected chi connectivity index (χ4v) is 5.09. The molecule has 5 aromatic rings. The summed E-state index contributed by atoms with van der Waals surface area (Å²) in [5, 5.41) is 11.5. The molecule has 1 aromatic heterocycles. The second-order valence-electron chi connectivity index (χ2n) is 9.82. The smallest absolute Gasteiger partial charge is 0.249 e. The highest BCUT2D eigenvalue weighted by Crippen LogP contribution is 2.37. The van der Waals surface area contributed by atoms with Gasteiger partial charge in [-0.25, -0.2) is 4.68 Å². The van der Waals surface area contributed by atoms with Gasteiger partial charge in [0.1, 0.15) is 23.9 Å². The van der Waals surface area contributed by atoms with E-state index in [0.29, 0.717) is 35.7 Å². The number of hydrogen-bond donors (Lipinski definition) is 1. The van der Waals surface area contributed by atoms with E-state index >= 15 is 0 Å². The predicted octanol–water partition coefficient (Wildman–Crippen LogP) is 5.54. The number of rotatable bonds is 10. The van der Waals surface area contributed by atoms with Gasteiger partial charge in [0.15, 0.2) is 0 Å². The van der Waals surface area contributed by atoms with E-state index in [1.807, 2.05) is 118 Å². The highest BCUT2D eigenvalue weighted by atomic mass is 16.5. The van der Waals surface area contributed by atoms with Crippen molar-refractivity contribution in [3.63, 3.8) is 0 Å². The van der Waals surface area contributed by atoms with Gasteiger partial charge in [-0.3, -0.25) is 14.5 Å². The lowest BCUT2D eigenvalue weighted by molar-refractivity contribution is -0.127. The Bertz CT molecular complexity index is 1640. The third kappa shape index (κ3) is 5.96. The molecule has 8 heteroatoms. The molecule has 8 nitrogen and oxygen atoms in total. The largest absolute Gasteiger partial charge is 0.493 e. The number of fused-ring (bicyclic) bond motifs is 1. The molecular weight excluding hydrogens is 514 g/mol. The van der Waals surface area contributed by atoms with Crippen molar-refractivity contribution in [2.75, 3.05) is 11.5 Å². The quantitative estimate of drug-likeness (QED) is 0.248. The standard InChI is InChI=1S/C33H33N5O3/c1-4-41-29-20-11-8-17-26(29)32(33(40)34-21-25-15-6-5-7-16-25)38(31-23(2)13-12-14-24(31)3)30(39)22-37-28-19-10-9-18-27(28)35-36-37/h5-20,32H,4,21-22H2,1-3H3,(H,34,40). The van der Waals surface area contributed by atoms with E-state index in [4.69, 9.17) is 4.74 Å². The normalized spacial score (nSPS) is 11.7. The Morgan fingerprint density at radius 3 is 2.32 bits per heavy atom. The average molecular weight is 548 g/mol. The zero-order valence-electron chi connectivity index (χ0n) is 23.4. The Balaban J connectivity index is 1.63. The van der Waals surface area contributed by atoms with Gasteiger partial charge in [-0.05, 0) is 55.7 Å². The topological polar surface area (TPSA) is 89.4 Å². The number of carbonyl (C=O) groups is 2. The molecule has 0 saturated carbocycles. The summed E-state index contributed by atoms with van der Waals surface area (Å²) in [4.78, 5) is 30.3. The number of benzene rings is 4. The second-order valence-corrected chi connectivity index (χ2v) is 9.82. The van der Waals surface area contributed by atoms with Gasteiger partial charge in [0.2, 0.25) is 11.8 Å². The van der Waals surface area contributed by atoms with E-state index in [1.54, 1.807) is 9.58 Å². The van der Waals surface area contributed by atoms with Crippen molar-refractivity contribution in [3.8, 4) is 5.75 Å². The first-order chi connectivity index (χ1) is 20.0. The molecule has 0 aliphatic carbocycles. The maximum atomic E-state index is 14.4. The second kappa shape index (κ2) is 12.5. The van der Waals surface area contributed by atoms with Crippen LogP contribution in [0.15, 0.2) is 97.1 Å². The molecule has 1 atom stereocenters. The monoisotopic (exact) mass is 547 g/mol. The molecule has 41 heavy (non-hydrogen) atoms. The third-order valence-corrected chi connectivity index (χ3v) is 6.98. The predicted molar refractivity (Wildman–Crippen MR) is 160 cm³/mol. The van der Waals surface area contributed by atoms with Crippen LogP contribution in [-0.4, -0.2) is 33.4 Å². The van der Waals surface area contributed by atoms with Crippen LogP contribution >= 0.6 is 0 Å². The lowest BCUT2D eigenvalue weighted by Crippen LogP contribution is -2.46. The van der Waals surface area contributed by atoms with E-state index in [9.17, 15) is 9.59 Å². The molecule has 0 spiro atoms. The average Bonchev–Trinajstić information content (AvgIpc) is 3.39. The maximum Gasteiger partial charge on any atom is 0.249 e. The molecule has 4 aromatic carbocycles. The molecule has 0 aliphatic rings. The molecular formula is C33H33N5O3. The van der Waals surface area contributed by atoms with E-state index in [0.717, 1.165) is 22.2 Å². The van der Waals surface area contributed by atoms with Crippen LogP contribution in [0.25, 0.3) is 11.0 Å². The fourth-order valence-electron chi connectivity index (χ4n) is 5.09. The van der Waals surface area contributed by atoms with Crippen LogP contribution in [-0.2, 0) is 22.7 Å². The van der Waals surface area contributed by atoms with Crippen LogP contribution in [0.5, 0.6) is 5.75 Å². The number of aryl methyl sites for hydroxylation is 2. The Kier molecular flexibility index (Phi) is 8.39. The van der Waals surface area contributed by atoms with Crippen molar-refractivity contribution in [1.82, 2.24) is 20.3 Å². The first-order valence-electron chi connectivity index (χ1n) is 13.7. The molecule has 1 heterocycles. The van der Waals surface area contributed by atoms with Crippen LogP contribution < -0.4 is 15.0 Å².